The number of rotatable bonds is 3. The predicted molar refractivity (Wildman–Crippen MR) is 115 cm³/mol. The third-order valence-electron chi connectivity index (χ3n) is 5.73. The van der Waals surface area contributed by atoms with Gasteiger partial charge in [0.25, 0.3) is 5.91 Å². The van der Waals surface area contributed by atoms with Gasteiger partial charge in [0.2, 0.25) is 0 Å². The zero-order valence-electron chi connectivity index (χ0n) is 17.2. The molecular formula is C24H27N3O. The number of carbonyl (C=O) groups excluding carboxylic acids is 1. The van der Waals surface area contributed by atoms with Crippen molar-refractivity contribution in [2.45, 2.75) is 45.6 Å². The number of hydrogen-bond donors (Lipinski definition) is 1. The molecule has 1 amide bonds. The summed E-state index contributed by atoms with van der Waals surface area (Å²) in [5.41, 5.74) is 5.22. The SMILES string of the molecule is Cc1ccccc1NC(=O)/C(C#N)=C\c1ccc2c(c1)C(C)CC(C)(C)N2C. The first kappa shape index (κ1) is 19.7. The highest BCUT2D eigenvalue weighted by Gasteiger charge is 2.33. The second-order valence-electron chi connectivity index (χ2n) is 8.23. The molecular weight excluding hydrogens is 346 g/mol. The zero-order valence-corrected chi connectivity index (χ0v) is 17.2. The van der Waals surface area contributed by atoms with Crippen molar-refractivity contribution in [1.29, 1.82) is 5.26 Å². The van der Waals surface area contributed by atoms with Crippen molar-refractivity contribution in [2.75, 3.05) is 17.3 Å². The summed E-state index contributed by atoms with van der Waals surface area (Å²) in [5, 5.41) is 12.4. The molecule has 1 aliphatic rings. The molecule has 1 unspecified atom stereocenters. The third-order valence-corrected chi connectivity index (χ3v) is 5.73. The Hall–Kier alpha value is -3.06. The average Bonchev–Trinajstić information content (AvgIpc) is 2.65. The fourth-order valence-corrected chi connectivity index (χ4v) is 3.90. The Bertz CT molecular complexity index is 982. The standard InChI is InChI=1S/C24H27N3O/c1-16-8-6-7-9-21(16)26-23(28)19(15-25)12-18-10-11-22-20(13-18)17(2)14-24(3,4)27(22)5/h6-13,17H,14H2,1-5H3,(H,26,28)/b19-12-. The van der Waals surface area contributed by atoms with Gasteiger partial charge in [0.15, 0.2) is 0 Å². The van der Waals surface area contributed by atoms with Crippen LogP contribution in [0.4, 0.5) is 11.4 Å². The first-order valence-electron chi connectivity index (χ1n) is 9.59. The van der Waals surface area contributed by atoms with Crippen molar-refractivity contribution < 1.29 is 4.79 Å². The number of hydrogen-bond acceptors (Lipinski definition) is 3. The fraction of sp³-hybridized carbons (Fsp3) is 0.333. The minimum Gasteiger partial charge on any atom is -0.369 e. The van der Waals surface area contributed by atoms with E-state index in [-0.39, 0.29) is 17.0 Å². The minimum atomic E-state index is -0.388. The van der Waals surface area contributed by atoms with Gasteiger partial charge in [-0.3, -0.25) is 4.79 Å². The second-order valence-corrected chi connectivity index (χ2v) is 8.23. The van der Waals surface area contributed by atoms with E-state index in [1.165, 1.54) is 11.3 Å². The lowest BCUT2D eigenvalue weighted by atomic mass is 9.80. The van der Waals surface area contributed by atoms with E-state index in [0.29, 0.717) is 5.92 Å². The van der Waals surface area contributed by atoms with E-state index >= 15 is 0 Å². The molecule has 0 aliphatic carbocycles. The van der Waals surface area contributed by atoms with Crippen LogP contribution in [-0.4, -0.2) is 18.5 Å². The molecule has 28 heavy (non-hydrogen) atoms. The smallest absolute Gasteiger partial charge is 0.266 e. The van der Waals surface area contributed by atoms with Gasteiger partial charge in [0.1, 0.15) is 11.6 Å². The molecule has 0 fully saturated rings. The van der Waals surface area contributed by atoms with Gasteiger partial charge in [-0.2, -0.15) is 5.26 Å². The third kappa shape index (κ3) is 3.80. The fourth-order valence-electron chi connectivity index (χ4n) is 3.90. The molecule has 0 saturated heterocycles. The van der Waals surface area contributed by atoms with Crippen LogP contribution in [0.15, 0.2) is 48.0 Å². The molecule has 144 valence electrons. The molecule has 4 nitrogen and oxygen atoms in total. The normalized spacial score (nSPS) is 18.2. The summed E-state index contributed by atoms with van der Waals surface area (Å²) in [4.78, 5) is 14.9. The highest BCUT2D eigenvalue weighted by Crippen LogP contribution is 2.42. The van der Waals surface area contributed by atoms with Crippen LogP contribution in [0.5, 0.6) is 0 Å². The van der Waals surface area contributed by atoms with Crippen molar-refractivity contribution in [3.05, 3.63) is 64.7 Å². The molecule has 1 heterocycles. The van der Waals surface area contributed by atoms with Crippen molar-refractivity contribution in [2.24, 2.45) is 0 Å². The average molecular weight is 374 g/mol. The van der Waals surface area contributed by atoms with Crippen LogP contribution in [0.2, 0.25) is 0 Å². The molecule has 0 bridgehead atoms. The number of nitriles is 1. The Morgan fingerprint density at radius 2 is 2.00 bits per heavy atom. The molecule has 0 aromatic heterocycles. The molecule has 2 aromatic carbocycles. The largest absolute Gasteiger partial charge is 0.369 e. The van der Waals surface area contributed by atoms with E-state index < -0.39 is 0 Å². The van der Waals surface area contributed by atoms with Gasteiger partial charge in [0.05, 0.1) is 0 Å². The number of fused-ring (bicyclic) bond motifs is 1. The molecule has 1 atom stereocenters. The van der Waals surface area contributed by atoms with Gasteiger partial charge >= 0.3 is 0 Å². The summed E-state index contributed by atoms with van der Waals surface area (Å²) in [6.45, 7) is 8.67. The Balaban J connectivity index is 1.90. The molecule has 1 N–H and O–H groups in total. The Kier molecular flexibility index (Phi) is 5.29. The van der Waals surface area contributed by atoms with Gasteiger partial charge in [-0.05, 0) is 74.1 Å². The summed E-state index contributed by atoms with van der Waals surface area (Å²) in [5.74, 6) is 0.0294. The van der Waals surface area contributed by atoms with Crippen LogP contribution in [-0.2, 0) is 4.79 Å². The minimum absolute atomic E-state index is 0.0975. The Labute approximate surface area is 167 Å². The number of carbonyl (C=O) groups is 1. The van der Waals surface area contributed by atoms with Gasteiger partial charge in [-0.15, -0.1) is 0 Å². The van der Waals surface area contributed by atoms with Crippen molar-refractivity contribution in [1.82, 2.24) is 0 Å². The first-order valence-corrected chi connectivity index (χ1v) is 9.59. The summed E-state index contributed by atoms with van der Waals surface area (Å²) >= 11 is 0. The topological polar surface area (TPSA) is 56.1 Å². The first-order chi connectivity index (χ1) is 13.2. The maximum atomic E-state index is 12.6. The van der Waals surface area contributed by atoms with Crippen LogP contribution in [0.25, 0.3) is 6.08 Å². The number of nitrogens with one attached hydrogen (secondary N) is 1. The van der Waals surface area contributed by atoms with Crippen LogP contribution in [0, 0.1) is 18.3 Å². The number of anilines is 2. The van der Waals surface area contributed by atoms with Gasteiger partial charge < -0.3 is 10.2 Å². The van der Waals surface area contributed by atoms with E-state index in [2.05, 4.69) is 50.2 Å². The van der Waals surface area contributed by atoms with E-state index in [9.17, 15) is 10.1 Å². The Morgan fingerprint density at radius 3 is 2.68 bits per heavy atom. The maximum absolute atomic E-state index is 12.6. The van der Waals surface area contributed by atoms with Crippen LogP contribution < -0.4 is 10.2 Å². The molecule has 2 aromatic rings. The molecule has 0 saturated carbocycles. The highest BCUT2D eigenvalue weighted by molar-refractivity contribution is 6.10. The zero-order chi connectivity index (χ0) is 20.5. The molecule has 4 heteroatoms. The predicted octanol–water partition coefficient (Wildman–Crippen LogP) is 5.26. The second kappa shape index (κ2) is 7.52. The summed E-state index contributed by atoms with van der Waals surface area (Å²) in [6, 6.07) is 15.7. The number of amides is 1. The highest BCUT2D eigenvalue weighted by atomic mass is 16.1. The van der Waals surface area contributed by atoms with Crippen LogP contribution >= 0.6 is 0 Å². The summed E-state index contributed by atoms with van der Waals surface area (Å²) in [6.07, 6.45) is 2.73. The van der Waals surface area contributed by atoms with Gasteiger partial charge in [-0.1, -0.05) is 31.2 Å². The Morgan fingerprint density at radius 1 is 1.29 bits per heavy atom. The van der Waals surface area contributed by atoms with Crippen LogP contribution in [0.1, 0.15) is 49.8 Å². The van der Waals surface area contributed by atoms with E-state index in [1.54, 1.807) is 6.08 Å². The number of aryl methyl sites for hydroxylation is 1. The summed E-state index contributed by atoms with van der Waals surface area (Å²) in [7, 11) is 2.12. The van der Waals surface area contributed by atoms with E-state index in [1.807, 2.05) is 43.3 Å². The lowest BCUT2D eigenvalue weighted by Crippen LogP contribution is -2.45. The summed E-state index contributed by atoms with van der Waals surface area (Å²) < 4.78 is 0. The van der Waals surface area contributed by atoms with Crippen molar-refractivity contribution in [3.63, 3.8) is 0 Å². The molecule has 0 spiro atoms. The molecule has 0 radical (unpaired) electrons. The lowest BCUT2D eigenvalue weighted by Gasteiger charge is -2.45. The monoisotopic (exact) mass is 373 g/mol. The quantitative estimate of drug-likeness (QED) is 0.589. The van der Waals surface area contributed by atoms with Crippen LogP contribution in [0.3, 0.4) is 0 Å². The number of nitrogens with zero attached hydrogens (tertiary/aromatic N) is 2. The molecule has 3 rings (SSSR count). The van der Waals surface area contributed by atoms with Gasteiger partial charge in [-0.25, -0.2) is 0 Å². The number of para-hydroxylation sites is 1. The molecule has 1 aliphatic heterocycles. The van der Waals surface area contributed by atoms with E-state index in [0.717, 1.165) is 23.2 Å². The van der Waals surface area contributed by atoms with Crippen molar-refractivity contribution >= 4 is 23.4 Å². The number of benzene rings is 2. The van der Waals surface area contributed by atoms with Crippen molar-refractivity contribution in [3.8, 4) is 6.07 Å². The maximum Gasteiger partial charge on any atom is 0.266 e. The van der Waals surface area contributed by atoms with Gasteiger partial charge in [0, 0.05) is 24.0 Å². The van der Waals surface area contributed by atoms with E-state index in [4.69, 9.17) is 0 Å². The lowest BCUT2D eigenvalue weighted by molar-refractivity contribution is -0.112.